The number of hydrogen-bond donors (Lipinski definition) is 1. The van der Waals surface area contributed by atoms with Crippen LogP contribution in [0.5, 0.6) is 0 Å². The Morgan fingerprint density at radius 3 is 2.39 bits per heavy atom. The van der Waals surface area contributed by atoms with E-state index in [-0.39, 0.29) is 12.4 Å². The smallest absolute Gasteiger partial charge is 0.195 e. The van der Waals surface area contributed by atoms with Crippen LogP contribution in [-0.4, -0.2) is 27.0 Å². The van der Waals surface area contributed by atoms with Gasteiger partial charge in [-0.1, -0.05) is 55.5 Å². The summed E-state index contributed by atoms with van der Waals surface area (Å²) >= 11 is 0. The third-order valence-electron chi connectivity index (χ3n) is 4.95. The number of para-hydroxylation sites is 1. The van der Waals surface area contributed by atoms with E-state index in [2.05, 4.69) is 11.5 Å². The molecule has 4 rings (SSSR count). The number of carbonyl (C=O) groups excluding carboxylic acids is 1. The summed E-state index contributed by atoms with van der Waals surface area (Å²) in [6, 6.07) is 23.2. The van der Waals surface area contributed by atoms with E-state index in [1.807, 2.05) is 72.8 Å². The van der Waals surface area contributed by atoms with Crippen LogP contribution in [0, 0.1) is 0 Å². The molecule has 0 saturated carbocycles. The number of aromatic nitrogens is 2. The Balaban J connectivity index is 1.85. The van der Waals surface area contributed by atoms with Crippen molar-refractivity contribution in [2.24, 2.45) is 0 Å². The van der Waals surface area contributed by atoms with Crippen molar-refractivity contribution < 1.29 is 9.90 Å². The number of rotatable bonds is 6. The molecular weight excluding hydrogens is 348 g/mol. The quantitative estimate of drug-likeness (QED) is 0.513. The monoisotopic (exact) mass is 370 g/mol. The van der Waals surface area contributed by atoms with E-state index < -0.39 is 0 Å². The second-order valence-corrected chi connectivity index (χ2v) is 6.73. The van der Waals surface area contributed by atoms with Crippen molar-refractivity contribution in [3.05, 3.63) is 95.3 Å². The van der Waals surface area contributed by atoms with E-state index in [1.165, 1.54) is 0 Å². The van der Waals surface area contributed by atoms with E-state index >= 15 is 0 Å². The van der Waals surface area contributed by atoms with Crippen LogP contribution < -0.4 is 0 Å². The van der Waals surface area contributed by atoms with Crippen LogP contribution in [0.4, 0.5) is 0 Å². The maximum Gasteiger partial charge on any atom is 0.195 e. The predicted octanol–water partition coefficient (Wildman–Crippen LogP) is 4.35. The molecule has 0 radical (unpaired) electrons. The van der Waals surface area contributed by atoms with Gasteiger partial charge >= 0.3 is 0 Å². The fourth-order valence-corrected chi connectivity index (χ4v) is 3.54. The molecule has 28 heavy (non-hydrogen) atoms. The zero-order chi connectivity index (χ0) is 19.5. The van der Waals surface area contributed by atoms with Crippen LogP contribution in [0.2, 0.25) is 0 Å². The number of fused-ring (bicyclic) bond motifs is 1. The number of hydrogen-bond acceptors (Lipinski definition) is 3. The van der Waals surface area contributed by atoms with Crippen molar-refractivity contribution in [1.29, 1.82) is 0 Å². The third-order valence-corrected chi connectivity index (χ3v) is 4.95. The van der Waals surface area contributed by atoms with Crippen molar-refractivity contribution in [3.63, 3.8) is 0 Å². The summed E-state index contributed by atoms with van der Waals surface area (Å²) in [6.07, 6.45) is 1.40. The van der Waals surface area contributed by atoms with Crippen molar-refractivity contribution in [3.8, 4) is 5.69 Å². The molecule has 0 bridgehead atoms. The van der Waals surface area contributed by atoms with Gasteiger partial charge in [-0.3, -0.25) is 9.36 Å². The van der Waals surface area contributed by atoms with Gasteiger partial charge in [-0.15, -0.1) is 0 Å². The standard InChI is InChI=1S/C24H22N2O2/c1-2-22-25-23-20(24(28)18-7-4-3-5-8-18)9-6-10-21(23)26(22)19-13-11-17(12-14-19)15-16-27/h3-14,27H,2,15-16H2,1H3. The molecule has 0 saturated heterocycles. The number of aliphatic hydroxyl groups is 1. The fraction of sp³-hybridized carbons (Fsp3) is 0.167. The van der Waals surface area contributed by atoms with Crippen LogP contribution in [-0.2, 0) is 12.8 Å². The van der Waals surface area contributed by atoms with E-state index in [0.717, 1.165) is 34.5 Å². The van der Waals surface area contributed by atoms with Crippen molar-refractivity contribution in [2.45, 2.75) is 19.8 Å². The molecule has 140 valence electrons. The second kappa shape index (κ2) is 7.79. The minimum absolute atomic E-state index is 0.0169. The average molecular weight is 370 g/mol. The summed E-state index contributed by atoms with van der Waals surface area (Å²) in [5, 5.41) is 9.13. The Kier molecular flexibility index (Phi) is 5.04. The molecule has 1 aromatic heterocycles. The minimum Gasteiger partial charge on any atom is -0.396 e. The van der Waals surface area contributed by atoms with Gasteiger partial charge in [0.05, 0.1) is 11.1 Å². The van der Waals surface area contributed by atoms with Gasteiger partial charge < -0.3 is 5.11 Å². The van der Waals surface area contributed by atoms with Gasteiger partial charge in [-0.05, 0) is 36.2 Å². The van der Waals surface area contributed by atoms with Gasteiger partial charge in [0.25, 0.3) is 0 Å². The second-order valence-electron chi connectivity index (χ2n) is 6.73. The van der Waals surface area contributed by atoms with Crippen LogP contribution in [0.25, 0.3) is 16.7 Å². The number of ketones is 1. The van der Waals surface area contributed by atoms with Gasteiger partial charge in [-0.2, -0.15) is 0 Å². The Morgan fingerprint density at radius 2 is 1.71 bits per heavy atom. The molecule has 0 amide bonds. The molecule has 0 fully saturated rings. The summed E-state index contributed by atoms with van der Waals surface area (Å²) in [4.78, 5) is 17.9. The third kappa shape index (κ3) is 3.23. The van der Waals surface area contributed by atoms with Gasteiger partial charge in [0, 0.05) is 24.3 Å². The molecule has 4 aromatic rings. The number of benzene rings is 3. The van der Waals surface area contributed by atoms with Gasteiger partial charge in [-0.25, -0.2) is 4.98 Å². The zero-order valence-electron chi connectivity index (χ0n) is 15.8. The molecule has 0 aliphatic heterocycles. The SMILES string of the molecule is CCc1nc2c(C(=O)c3ccccc3)cccc2n1-c1ccc(CCO)cc1. The number of imidazole rings is 1. The first-order chi connectivity index (χ1) is 13.7. The molecular formula is C24H22N2O2. The van der Waals surface area contributed by atoms with Gasteiger partial charge in [0.15, 0.2) is 5.78 Å². The zero-order valence-corrected chi connectivity index (χ0v) is 15.8. The lowest BCUT2D eigenvalue weighted by Crippen LogP contribution is -2.02. The van der Waals surface area contributed by atoms with Crippen LogP contribution in [0.3, 0.4) is 0 Å². The molecule has 4 heteroatoms. The van der Waals surface area contributed by atoms with Crippen LogP contribution in [0.15, 0.2) is 72.8 Å². The number of aliphatic hydroxyl groups excluding tert-OH is 1. The first-order valence-electron chi connectivity index (χ1n) is 9.53. The molecule has 3 aromatic carbocycles. The van der Waals surface area contributed by atoms with Crippen LogP contribution >= 0.6 is 0 Å². The lowest BCUT2D eigenvalue weighted by atomic mass is 10.0. The first kappa shape index (κ1) is 18.1. The molecule has 4 nitrogen and oxygen atoms in total. The summed E-state index contributed by atoms with van der Waals surface area (Å²) < 4.78 is 2.11. The lowest BCUT2D eigenvalue weighted by Gasteiger charge is -2.09. The number of carbonyl (C=O) groups is 1. The number of nitrogens with zero attached hydrogens (tertiary/aromatic N) is 2. The molecule has 0 aliphatic rings. The summed E-state index contributed by atoms with van der Waals surface area (Å²) in [5.41, 5.74) is 5.03. The van der Waals surface area contributed by atoms with E-state index in [0.29, 0.717) is 17.5 Å². The van der Waals surface area contributed by atoms with E-state index in [4.69, 9.17) is 10.1 Å². The van der Waals surface area contributed by atoms with Gasteiger partial charge in [0.2, 0.25) is 0 Å². The van der Waals surface area contributed by atoms with Crippen molar-refractivity contribution >= 4 is 16.8 Å². The highest BCUT2D eigenvalue weighted by atomic mass is 16.2. The normalized spacial score (nSPS) is 11.1. The van der Waals surface area contributed by atoms with Crippen molar-refractivity contribution in [2.75, 3.05) is 6.61 Å². The van der Waals surface area contributed by atoms with Gasteiger partial charge in [0.1, 0.15) is 11.3 Å². The lowest BCUT2D eigenvalue weighted by molar-refractivity contribution is 0.104. The summed E-state index contributed by atoms with van der Waals surface area (Å²) in [5.74, 6) is 0.898. The summed E-state index contributed by atoms with van der Waals surface area (Å²) in [6.45, 7) is 2.20. The Hall–Kier alpha value is -3.24. The maximum absolute atomic E-state index is 13.0. The fourth-order valence-electron chi connectivity index (χ4n) is 3.54. The molecule has 0 unspecified atom stereocenters. The number of aryl methyl sites for hydroxylation is 1. The first-order valence-corrected chi connectivity index (χ1v) is 9.53. The Labute approximate surface area is 164 Å². The molecule has 0 spiro atoms. The molecule has 1 heterocycles. The maximum atomic E-state index is 13.0. The highest BCUT2D eigenvalue weighted by molar-refractivity contribution is 6.15. The Morgan fingerprint density at radius 1 is 0.964 bits per heavy atom. The molecule has 0 aliphatic carbocycles. The topological polar surface area (TPSA) is 55.1 Å². The molecule has 0 atom stereocenters. The van der Waals surface area contributed by atoms with Crippen molar-refractivity contribution in [1.82, 2.24) is 9.55 Å². The highest BCUT2D eigenvalue weighted by Gasteiger charge is 2.18. The van der Waals surface area contributed by atoms with E-state index in [1.54, 1.807) is 0 Å². The molecule has 1 N–H and O–H groups in total. The minimum atomic E-state index is -0.0169. The van der Waals surface area contributed by atoms with E-state index in [9.17, 15) is 4.79 Å². The highest BCUT2D eigenvalue weighted by Crippen LogP contribution is 2.26. The predicted molar refractivity (Wildman–Crippen MR) is 111 cm³/mol. The largest absolute Gasteiger partial charge is 0.396 e. The summed E-state index contributed by atoms with van der Waals surface area (Å²) in [7, 11) is 0. The van der Waals surface area contributed by atoms with Crippen LogP contribution in [0.1, 0.15) is 34.2 Å². The average Bonchev–Trinajstić information content (AvgIpc) is 3.13. The Bertz CT molecular complexity index is 1110.